The monoisotopic (exact) mass is 266 g/mol. The number of rotatable bonds is 5. The third-order valence-electron chi connectivity index (χ3n) is 3.51. The van der Waals surface area contributed by atoms with Crippen molar-refractivity contribution in [2.45, 2.75) is 19.4 Å². The maximum Gasteiger partial charge on any atom is 0.0935 e. The molecule has 2 aromatic heterocycles. The van der Waals surface area contributed by atoms with Crippen LogP contribution in [0.1, 0.15) is 24.1 Å². The Morgan fingerprint density at radius 1 is 1.20 bits per heavy atom. The molecule has 3 nitrogen and oxygen atoms in total. The smallest absolute Gasteiger partial charge is 0.0935 e. The number of aromatic nitrogens is 1. The largest absolute Gasteiger partial charge is 0.472 e. The van der Waals surface area contributed by atoms with Crippen LogP contribution in [-0.2, 0) is 6.42 Å². The molecule has 0 saturated carbocycles. The lowest BCUT2D eigenvalue weighted by Crippen LogP contribution is -2.23. The highest BCUT2D eigenvalue weighted by Crippen LogP contribution is 2.25. The summed E-state index contributed by atoms with van der Waals surface area (Å²) in [6, 6.07) is 12.7. The number of hydrogen-bond acceptors (Lipinski definition) is 3. The van der Waals surface area contributed by atoms with Gasteiger partial charge in [-0.2, -0.15) is 0 Å². The molecule has 0 aliphatic heterocycles. The topological polar surface area (TPSA) is 38.1 Å². The average Bonchev–Trinajstić information content (AvgIpc) is 2.99. The molecule has 0 saturated heterocycles. The molecule has 3 aromatic rings. The van der Waals surface area contributed by atoms with Crippen LogP contribution in [0.5, 0.6) is 0 Å². The molecule has 20 heavy (non-hydrogen) atoms. The number of para-hydroxylation sites is 1. The molecule has 2 heterocycles. The van der Waals surface area contributed by atoms with Gasteiger partial charge in [0.2, 0.25) is 0 Å². The van der Waals surface area contributed by atoms with Gasteiger partial charge in [0, 0.05) is 17.6 Å². The number of furan rings is 1. The van der Waals surface area contributed by atoms with Crippen molar-refractivity contribution in [3.05, 3.63) is 66.2 Å². The van der Waals surface area contributed by atoms with Crippen LogP contribution >= 0.6 is 0 Å². The molecule has 1 unspecified atom stereocenters. The first kappa shape index (κ1) is 12.9. The number of fused-ring (bicyclic) bond motifs is 1. The first-order valence-corrected chi connectivity index (χ1v) is 6.96. The van der Waals surface area contributed by atoms with Gasteiger partial charge in [-0.3, -0.25) is 4.98 Å². The Balaban J connectivity index is 2.00. The number of pyridine rings is 1. The number of nitrogens with one attached hydrogen (secondary N) is 1. The van der Waals surface area contributed by atoms with Crippen molar-refractivity contribution >= 4 is 10.9 Å². The summed E-state index contributed by atoms with van der Waals surface area (Å²) in [5, 5.41) is 4.73. The van der Waals surface area contributed by atoms with Gasteiger partial charge >= 0.3 is 0 Å². The Morgan fingerprint density at radius 2 is 2.10 bits per heavy atom. The van der Waals surface area contributed by atoms with E-state index in [9.17, 15) is 0 Å². The van der Waals surface area contributed by atoms with Crippen LogP contribution in [-0.4, -0.2) is 11.5 Å². The molecule has 3 rings (SSSR count). The zero-order valence-corrected chi connectivity index (χ0v) is 11.5. The van der Waals surface area contributed by atoms with Crippen LogP contribution < -0.4 is 5.32 Å². The predicted molar refractivity (Wildman–Crippen MR) is 80.6 cm³/mol. The molecule has 1 atom stereocenters. The van der Waals surface area contributed by atoms with E-state index < -0.39 is 0 Å². The van der Waals surface area contributed by atoms with E-state index in [-0.39, 0.29) is 6.04 Å². The van der Waals surface area contributed by atoms with E-state index in [0.29, 0.717) is 0 Å². The van der Waals surface area contributed by atoms with Gasteiger partial charge in [0.1, 0.15) is 0 Å². The summed E-state index contributed by atoms with van der Waals surface area (Å²) in [4.78, 5) is 4.55. The molecular formula is C17H18N2O. The summed E-state index contributed by atoms with van der Waals surface area (Å²) in [6.45, 7) is 3.05. The minimum atomic E-state index is 0.246. The van der Waals surface area contributed by atoms with Gasteiger partial charge in [0.05, 0.1) is 18.0 Å². The lowest BCUT2D eigenvalue weighted by molar-refractivity contribution is 0.536. The van der Waals surface area contributed by atoms with Gasteiger partial charge in [-0.15, -0.1) is 0 Å². The van der Waals surface area contributed by atoms with Crippen molar-refractivity contribution in [1.29, 1.82) is 0 Å². The molecule has 0 fully saturated rings. The van der Waals surface area contributed by atoms with E-state index in [1.165, 1.54) is 16.5 Å². The minimum absolute atomic E-state index is 0.246. The van der Waals surface area contributed by atoms with Gasteiger partial charge < -0.3 is 9.73 Å². The second-order valence-corrected chi connectivity index (χ2v) is 4.87. The van der Waals surface area contributed by atoms with Gasteiger partial charge in [0.15, 0.2) is 0 Å². The van der Waals surface area contributed by atoms with Crippen molar-refractivity contribution in [2.24, 2.45) is 0 Å². The fraction of sp³-hybridized carbons (Fsp3) is 0.235. The van der Waals surface area contributed by atoms with Crippen LogP contribution in [0, 0.1) is 0 Å². The third-order valence-corrected chi connectivity index (χ3v) is 3.51. The highest BCUT2D eigenvalue weighted by molar-refractivity contribution is 5.82. The molecule has 1 aromatic carbocycles. The SMILES string of the molecule is CCNC(Cc1ccoc1)c1cccc2cccnc12. The van der Waals surface area contributed by atoms with E-state index >= 15 is 0 Å². The van der Waals surface area contributed by atoms with Gasteiger partial charge in [0.25, 0.3) is 0 Å². The van der Waals surface area contributed by atoms with E-state index in [2.05, 4.69) is 41.5 Å². The molecule has 0 aliphatic carbocycles. The van der Waals surface area contributed by atoms with Crippen molar-refractivity contribution in [1.82, 2.24) is 10.3 Å². The summed E-state index contributed by atoms with van der Waals surface area (Å²) in [6.07, 6.45) is 6.29. The summed E-state index contributed by atoms with van der Waals surface area (Å²) in [5.74, 6) is 0. The lowest BCUT2D eigenvalue weighted by Gasteiger charge is -2.19. The molecule has 0 bridgehead atoms. The highest BCUT2D eigenvalue weighted by atomic mass is 16.3. The number of benzene rings is 1. The Bertz CT molecular complexity index is 671. The zero-order chi connectivity index (χ0) is 13.8. The molecule has 3 heteroatoms. The van der Waals surface area contributed by atoms with Crippen LogP contribution in [0.15, 0.2) is 59.5 Å². The Kier molecular flexibility index (Phi) is 3.79. The third kappa shape index (κ3) is 2.58. The normalized spacial score (nSPS) is 12.7. The Hall–Kier alpha value is -2.13. The fourth-order valence-corrected chi connectivity index (χ4v) is 2.59. The summed E-state index contributed by atoms with van der Waals surface area (Å²) >= 11 is 0. The van der Waals surface area contributed by atoms with Gasteiger partial charge in [-0.05, 0) is 36.2 Å². The van der Waals surface area contributed by atoms with Crippen molar-refractivity contribution in [2.75, 3.05) is 6.54 Å². The minimum Gasteiger partial charge on any atom is -0.472 e. The summed E-state index contributed by atoms with van der Waals surface area (Å²) in [7, 11) is 0. The average molecular weight is 266 g/mol. The van der Waals surface area contributed by atoms with Crippen LogP contribution in [0.25, 0.3) is 10.9 Å². The summed E-state index contributed by atoms with van der Waals surface area (Å²) < 4.78 is 5.17. The molecule has 0 aliphatic rings. The van der Waals surface area contributed by atoms with Crippen LogP contribution in [0.4, 0.5) is 0 Å². The fourth-order valence-electron chi connectivity index (χ4n) is 2.59. The maximum atomic E-state index is 5.17. The maximum absolute atomic E-state index is 5.17. The zero-order valence-electron chi connectivity index (χ0n) is 11.5. The van der Waals surface area contributed by atoms with Crippen molar-refractivity contribution in [3.8, 4) is 0 Å². The first-order valence-electron chi connectivity index (χ1n) is 6.96. The van der Waals surface area contributed by atoms with Gasteiger partial charge in [-0.25, -0.2) is 0 Å². The Morgan fingerprint density at radius 3 is 2.90 bits per heavy atom. The number of nitrogens with zero attached hydrogens (tertiary/aromatic N) is 1. The van der Waals surface area contributed by atoms with E-state index in [1.807, 2.05) is 24.6 Å². The number of hydrogen-bond donors (Lipinski definition) is 1. The Labute approximate surface area is 118 Å². The van der Waals surface area contributed by atoms with E-state index in [4.69, 9.17) is 4.42 Å². The highest BCUT2D eigenvalue weighted by Gasteiger charge is 2.15. The quantitative estimate of drug-likeness (QED) is 0.764. The lowest BCUT2D eigenvalue weighted by atomic mass is 9.97. The second kappa shape index (κ2) is 5.88. The standard InChI is InChI=1S/C17H18N2O/c1-2-18-16(11-13-8-10-20-12-13)15-7-3-5-14-6-4-9-19-17(14)15/h3-10,12,16,18H,2,11H2,1H3. The molecular weight excluding hydrogens is 248 g/mol. The van der Waals surface area contributed by atoms with Crippen molar-refractivity contribution in [3.63, 3.8) is 0 Å². The van der Waals surface area contributed by atoms with Crippen LogP contribution in [0.3, 0.4) is 0 Å². The molecule has 0 spiro atoms. The van der Waals surface area contributed by atoms with E-state index in [0.717, 1.165) is 18.5 Å². The van der Waals surface area contributed by atoms with Crippen LogP contribution in [0.2, 0.25) is 0 Å². The van der Waals surface area contributed by atoms with Crippen molar-refractivity contribution < 1.29 is 4.42 Å². The predicted octanol–water partition coefficient (Wildman–Crippen LogP) is 3.72. The first-order chi connectivity index (χ1) is 9.88. The van der Waals surface area contributed by atoms with Gasteiger partial charge in [-0.1, -0.05) is 31.2 Å². The number of likely N-dealkylation sites (N-methyl/N-ethyl adjacent to an activating group) is 1. The molecule has 0 amide bonds. The molecule has 0 radical (unpaired) electrons. The molecule has 102 valence electrons. The molecule has 1 N–H and O–H groups in total. The van der Waals surface area contributed by atoms with E-state index in [1.54, 1.807) is 6.26 Å². The second-order valence-electron chi connectivity index (χ2n) is 4.87. The summed E-state index contributed by atoms with van der Waals surface area (Å²) in [5.41, 5.74) is 3.51.